The largest absolute Gasteiger partial charge is 0.432 e. The number of halogens is 5. The Bertz CT molecular complexity index is 658. The number of hydrogen-bond acceptors (Lipinski definition) is 3. The van der Waals surface area contributed by atoms with Crippen molar-refractivity contribution in [3.05, 3.63) is 43.0 Å². The monoisotopic (exact) mass is 415 g/mol. The van der Waals surface area contributed by atoms with Gasteiger partial charge in [-0.2, -0.15) is 8.78 Å². The molecule has 9 heteroatoms. The van der Waals surface area contributed by atoms with Crippen molar-refractivity contribution in [3.63, 3.8) is 0 Å². The second-order valence-electron chi connectivity index (χ2n) is 3.71. The molecule has 1 amide bonds. The van der Waals surface area contributed by atoms with Crippen LogP contribution >= 0.6 is 50.5 Å². The van der Waals surface area contributed by atoms with E-state index in [4.69, 9.17) is 23.2 Å². The lowest BCUT2D eigenvalue weighted by Gasteiger charge is -2.11. The summed E-state index contributed by atoms with van der Waals surface area (Å²) in [5.41, 5.74) is 0.279. The molecule has 0 saturated heterocycles. The molecule has 0 aliphatic heterocycles. The molecule has 0 aliphatic rings. The molecule has 0 radical (unpaired) electrons. The molecule has 0 unspecified atom stereocenters. The highest BCUT2D eigenvalue weighted by Gasteiger charge is 2.16. The van der Waals surface area contributed by atoms with Crippen LogP contribution in [-0.4, -0.2) is 12.5 Å². The van der Waals surface area contributed by atoms with E-state index in [1.54, 1.807) is 12.1 Å². The van der Waals surface area contributed by atoms with Crippen molar-refractivity contribution in [1.29, 1.82) is 0 Å². The van der Waals surface area contributed by atoms with Gasteiger partial charge in [0.25, 0.3) is 5.91 Å². The lowest BCUT2D eigenvalue weighted by Crippen LogP contribution is -2.10. The normalized spacial score (nSPS) is 10.8. The van der Waals surface area contributed by atoms with Crippen molar-refractivity contribution in [3.8, 4) is 5.75 Å². The summed E-state index contributed by atoms with van der Waals surface area (Å²) in [6.07, 6.45) is 0. The lowest BCUT2D eigenvalue weighted by molar-refractivity contribution is -0.0497. The van der Waals surface area contributed by atoms with Crippen LogP contribution in [0.25, 0.3) is 0 Å². The van der Waals surface area contributed by atoms with Crippen LogP contribution in [0.15, 0.2) is 28.1 Å². The Balaban J connectivity index is 2.20. The van der Waals surface area contributed by atoms with E-state index in [0.29, 0.717) is 4.88 Å². The molecule has 0 fully saturated rings. The quantitative estimate of drug-likeness (QED) is 0.697. The molecular weight excluding hydrogens is 411 g/mol. The molecule has 2 rings (SSSR count). The summed E-state index contributed by atoms with van der Waals surface area (Å²) in [5.74, 6) is -0.689. The highest BCUT2D eigenvalue weighted by Crippen LogP contribution is 2.37. The van der Waals surface area contributed by atoms with Gasteiger partial charge in [-0.1, -0.05) is 23.2 Å². The highest BCUT2D eigenvalue weighted by atomic mass is 79.9. The van der Waals surface area contributed by atoms with E-state index in [1.807, 2.05) is 0 Å². The number of thiophene rings is 1. The third-order valence-corrected chi connectivity index (χ3v) is 4.44. The summed E-state index contributed by atoms with van der Waals surface area (Å²) in [5, 5.41) is 2.33. The SMILES string of the molecule is O=C(Nc1cc(Cl)c(OC(F)F)c(Cl)c1)c1ccc(Br)s1. The first-order valence-corrected chi connectivity index (χ1v) is 7.74. The molecule has 1 heterocycles. The van der Waals surface area contributed by atoms with E-state index >= 15 is 0 Å². The number of anilines is 1. The van der Waals surface area contributed by atoms with Crippen molar-refractivity contribution in [2.45, 2.75) is 6.61 Å². The molecule has 3 nitrogen and oxygen atoms in total. The van der Waals surface area contributed by atoms with Gasteiger partial charge in [0, 0.05) is 5.69 Å². The molecule has 1 aromatic carbocycles. The Morgan fingerprint density at radius 2 is 1.90 bits per heavy atom. The fourth-order valence-corrected chi connectivity index (χ4v) is 3.32. The first kappa shape index (κ1) is 16.5. The maximum Gasteiger partial charge on any atom is 0.387 e. The van der Waals surface area contributed by atoms with Crippen LogP contribution < -0.4 is 10.1 Å². The molecule has 112 valence electrons. The first-order chi connectivity index (χ1) is 9.86. The van der Waals surface area contributed by atoms with Gasteiger partial charge in [-0.15, -0.1) is 11.3 Å². The van der Waals surface area contributed by atoms with Gasteiger partial charge >= 0.3 is 6.61 Å². The molecular formula is C12H6BrCl2F2NO2S. The standard InChI is InChI=1S/C12H6BrCl2F2NO2S/c13-9-2-1-8(21-9)11(19)18-5-3-6(14)10(7(15)4-5)20-12(16)17/h1-4,12H,(H,18,19). The molecule has 2 aromatic rings. The lowest BCUT2D eigenvalue weighted by atomic mass is 10.3. The fraction of sp³-hybridized carbons (Fsp3) is 0.0833. The van der Waals surface area contributed by atoms with Gasteiger partial charge < -0.3 is 10.1 Å². The van der Waals surface area contributed by atoms with Gasteiger partial charge in [0.15, 0.2) is 5.75 Å². The second-order valence-corrected chi connectivity index (χ2v) is 6.98. The molecule has 0 saturated carbocycles. The Morgan fingerprint density at radius 1 is 1.29 bits per heavy atom. The average Bonchev–Trinajstić information content (AvgIpc) is 2.80. The van der Waals surface area contributed by atoms with E-state index in [9.17, 15) is 13.6 Å². The molecule has 21 heavy (non-hydrogen) atoms. The van der Waals surface area contributed by atoms with E-state index in [0.717, 1.165) is 3.79 Å². The zero-order valence-corrected chi connectivity index (χ0v) is 13.9. The molecule has 0 atom stereocenters. The van der Waals surface area contributed by atoms with Crippen molar-refractivity contribution in [2.24, 2.45) is 0 Å². The number of rotatable bonds is 4. The van der Waals surface area contributed by atoms with Crippen LogP contribution in [0.4, 0.5) is 14.5 Å². The minimum absolute atomic E-state index is 0.120. The highest BCUT2D eigenvalue weighted by molar-refractivity contribution is 9.11. The number of carbonyl (C=O) groups is 1. The minimum Gasteiger partial charge on any atom is -0.432 e. The Labute approximate surface area is 140 Å². The van der Waals surface area contributed by atoms with Crippen LogP contribution in [0, 0.1) is 0 Å². The number of alkyl halides is 2. The number of benzene rings is 1. The van der Waals surface area contributed by atoms with Crippen molar-refractivity contribution < 1.29 is 18.3 Å². The van der Waals surface area contributed by atoms with Gasteiger partial charge in [-0.05, 0) is 40.2 Å². The second kappa shape index (κ2) is 6.91. The van der Waals surface area contributed by atoms with E-state index in [-0.39, 0.29) is 27.4 Å². The van der Waals surface area contributed by atoms with Gasteiger partial charge in [-0.3, -0.25) is 4.79 Å². The topological polar surface area (TPSA) is 38.3 Å². The smallest absolute Gasteiger partial charge is 0.387 e. The first-order valence-electron chi connectivity index (χ1n) is 5.37. The molecule has 0 spiro atoms. The summed E-state index contributed by atoms with van der Waals surface area (Å²) in [4.78, 5) is 12.4. The average molecular weight is 417 g/mol. The third kappa shape index (κ3) is 4.29. The van der Waals surface area contributed by atoms with Gasteiger partial charge in [0.1, 0.15) is 0 Å². The van der Waals surface area contributed by atoms with Crippen molar-refractivity contribution in [2.75, 3.05) is 5.32 Å². The van der Waals surface area contributed by atoms with Crippen LogP contribution in [0.5, 0.6) is 5.75 Å². The van der Waals surface area contributed by atoms with Gasteiger partial charge in [0.2, 0.25) is 0 Å². The maximum atomic E-state index is 12.2. The van der Waals surface area contributed by atoms with E-state index in [2.05, 4.69) is 26.0 Å². The molecule has 0 aliphatic carbocycles. The fourth-order valence-electron chi connectivity index (χ4n) is 1.46. The zero-order valence-electron chi connectivity index (χ0n) is 10.0. The van der Waals surface area contributed by atoms with Gasteiger partial charge in [0.05, 0.1) is 18.7 Å². The predicted octanol–water partition coefficient (Wildman–Crippen LogP) is 5.67. The summed E-state index contributed by atoms with van der Waals surface area (Å²) in [6.45, 7) is -3.04. The molecule has 1 aromatic heterocycles. The number of hydrogen-bond donors (Lipinski definition) is 1. The molecule has 0 bridgehead atoms. The summed E-state index contributed by atoms with van der Waals surface area (Å²) < 4.78 is 29.4. The third-order valence-electron chi connectivity index (χ3n) is 2.26. The van der Waals surface area contributed by atoms with Crippen molar-refractivity contribution in [1.82, 2.24) is 0 Å². The Kier molecular flexibility index (Phi) is 5.43. The number of amides is 1. The maximum absolute atomic E-state index is 12.2. The van der Waals surface area contributed by atoms with E-state index < -0.39 is 6.61 Å². The number of nitrogens with one attached hydrogen (secondary N) is 1. The summed E-state index contributed by atoms with van der Waals surface area (Å²) in [7, 11) is 0. The van der Waals surface area contributed by atoms with Crippen LogP contribution in [0.3, 0.4) is 0 Å². The minimum atomic E-state index is -3.04. The Morgan fingerprint density at radius 3 is 2.38 bits per heavy atom. The predicted molar refractivity (Wildman–Crippen MR) is 83.1 cm³/mol. The number of ether oxygens (including phenoxy) is 1. The van der Waals surface area contributed by atoms with E-state index in [1.165, 1.54) is 23.5 Å². The van der Waals surface area contributed by atoms with Crippen LogP contribution in [0.1, 0.15) is 9.67 Å². The molecule has 1 N–H and O–H groups in total. The van der Waals surface area contributed by atoms with Crippen LogP contribution in [-0.2, 0) is 0 Å². The van der Waals surface area contributed by atoms with Crippen LogP contribution in [0.2, 0.25) is 10.0 Å². The van der Waals surface area contributed by atoms with Crippen molar-refractivity contribution >= 4 is 62.1 Å². The Hall–Kier alpha value is -0.890. The summed E-state index contributed by atoms with van der Waals surface area (Å²) in [6, 6.07) is 5.94. The zero-order chi connectivity index (χ0) is 15.6. The number of carbonyl (C=O) groups excluding carboxylic acids is 1. The van der Waals surface area contributed by atoms with Gasteiger partial charge in [-0.25, -0.2) is 0 Å². The summed E-state index contributed by atoms with van der Waals surface area (Å²) >= 11 is 16.1.